The normalized spacial score (nSPS) is 11.2. The summed E-state index contributed by atoms with van der Waals surface area (Å²) in [5, 5.41) is 0. The van der Waals surface area contributed by atoms with Crippen molar-refractivity contribution in [2.45, 2.75) is 0 Å². The van der Waals surface area contributed by atoms with Gasteiger partial charge in [0.05, 0.1) is 0 Å². The second-order valence-electron chi connectivity index (χ2n) is 2.32. The first kappa shape index (κ1) is 9.94. The van der Waals surface area contributed by atoms with Crippen LogP contribution in [0.15, 0.2) is 24.3 Å². The highest BCUT2D eigenvalue weighted by Crippen LogP contribution is 2.08. The molecule has 0 radical (unpaired) electrons. The van der Waals surface area contributed by atoms with Gasteiger partial charge in [0.15, 0.2) is 0 Å². The van der Waals surface area contributed by atoms with Crippen molar-refractivity contribution in [2.75, 3.05) is 11.8 Å². The summed E-state index contributed by atoms with van der Waals surface area (Å²) in [7, 11) is -2.22. The van der Waals surface area contributed by atoms with Crippen LogP contribution in [0.5, 0.6) is 0 Å². The minimum Gasteiger partial charge on any atom is -0.271 e. The Morgan fingerprint density at radius 3 is 2.23 bits per heavy atom. The van der Waals surface area contributed by atoms with E-state index in [2.05, 4.69) is 9.44 Å². The van der Waals surface area contributed by atoms with Crippen LogP contribution in [0.2, 0.25) is 0 Å². The average molecular weight is 204 g/mol. The van der Waals surface area contributed by atoms with Gasteiger partial charge in [0.25, 0.3) is 10.2 Å². The summed E-state index contributed by atoms with van der Waals surface area (Å²) in [6.07, 6.45) is 0. The van der Waals surface area contributed by atoms with Gasteiger partial charge >= 0.3 is 0 Å². The summed E-state index contributed by atoms with van der Waals surface area (Å²) < 4.78 is 38.5. The fourth-order valence-corrected chi connectivity index (χ4v) is 1.27. The molecule has 13 heavy (non-hydrogen) atoms. The number of hydrogen-bond acceptors (Lipinski definition) is 2. The second kappa shape index (κ2) is 3.71. The minimum atomic E-state index is -3.51. The van der Waals surface area contributed by atoms with Gasteiger partial charge in [-0.2, -0.15) is 8.42 Å². The second-order valence-corrected chi connectivity index (χ2v) is 3.94. The van der Waals surface area contributed by atoms with Gasteiger partial charge in [-0.05, 0) is 24.3 Å². The summed E-state index contributed by atoms with van der Waals surface area (Å²) >= 11 is 0. The van der Waals surface area contributed by atoms with E-state index in [0.717, 1.165) is 0 Å². The zero-order valence-corrected chi connectivity index (χ0v) is 7.73. The molecule has 6 heteroatoms. The molecule has 1 rings (SSSR count). The topological polar surface area (TPSA) is 58.2 Å². The van der Waals surface area contributed by atoms with Crippen molar-refractivity contribution < 1.29 is 12.8 Å². The van der Waals surface area contributed by atoms with Crippen LogP contribution in [-0.4, -0.2) is 15.5 Å². The highest BCUT2D eigenvalue weighted by Gasteiger charge is 2.04. The maximum absolute atomic E-state index is 12.4. The minimum absolute atomic E-state index is 0.316. The Morgan fingerprint density at radius 1 is 1.23 bits per heavy atom. The van der Waals surface area contributed by atoms with Crippen molar-refractivity contribution in [3.63, 3.8) is 0 Å². The zero-order valence-electron chi connectivity index (χ0n) is 6.91. The lowest BCUT2D eigenvalue weighted by atomic mass is 10.3. The molecule has 0 atom stereocenters. The van der Waals surface area contributed by atoms with Crippen molar-refractivity contribution in [3.8, 4) is 0 Å². The van der Waals surface area contributed by atoms with Crippen LogP contribution in [-0.2, 0) is 10.2 Å². The molecule has 4 nitrogen and oxygen atoms in total. The molecule has 0 spiro atoms. The third kappa shape index (κ3) is 3.00. The number of anilines is 1. The van der Waals surface area contributed by atoms with Crippen LogP contribution in [0, 0.1) is 5.82 Å². The Bertz CT molecular complexity index is 374. The first-order chi connectivity index (χ1) is 6.03. The zero-order chi connectivity index (χ0) is 9.90. The predicted octanol–water partition coefficient (Wildman–Crippen LogP) is 0.702. The molecule has 0 heterocycles. The Balaban J connectivity index is 2.82. The van der Waals surface area contributed by atoms with Gasteiger partial charge < -0.3 is 0 Å². The Morgan fingerprint density at radius 2 is 1.77 bits per heavy atom. The van der Waals surface area contributed by atoms with Crippen LogP contribution in [0.1, 0.15) is 0 Å². The number of benzene rings is 1. The van der Waals surface area contributed by atoms with Crippen molar-refractivity contribution in [2.24, 2.45) is 0 Å². The lowest BCUT2D eigenvalue weighted by molar-refractivity contribution is 0.593. The standard InChI is InChI=1S/C7H9FN2O2S/c1-9-13(11,12)10-7-4-2-6(8)3-5-7/h2-5,9-10H,1H3. The van der Waals surface area contributed by atoms with Crippen molar-refractivity contribution in [3.05, 3.63) is 30.1 Å². The Hall–Kier alpha value is -1.14. The van der Waals surface area contributed by atoms with Gasteiger partial charge in [0.2, 0.25) is 0 Å². The molecule has 0 aliphatic carbocycles. The van der Waals surface area contributed by atoms with Gasteiger partial charge in [-0.3, -0.25) is 4.72 Å². The molecule has 0 aliphatic rings. The van der Waals surface area contributed by atoms with E-state index in [4.69, 9.17) is 0 Å². The first-order valence-corrected chi connectivity index (χ1v) is 4.99. The van der Waals surface area contributed by atoms with Gasteiger partial charge in [-0.15, -0.1) is 0 Å². The van der Waals surface area contributed by atoms with Gasteiger partial charge in [0, 0.05) is 12.7 Å². The summed E-state index contributed by atoms with van der Waals surface area (Å²) in [6, 6.07) is 5.02. The monoisotopic (exact) mass is 204 g/mol. The fraction of sp³-hybridized carbons (Fsp3) is 0.143. The molecule has 0 aromatic heterocycles. The molecule has 0 bridgehead atoms. The van der Waals surface area contributed by atoms with Crippen molar-refractivity contribution in [1.29, 1.82) is 0 Å². The Kier molecular flexibility index (Phi) is 2.84. The predicted molar refractivity (Wildman–Crippen MR) is 48.0 cm³/mol. The van der Waals surface area contributed by atoms with Crippen LogP contribution in [0.4, 0.5) is 10.1 Å². The van der Waals surface area contributed by atoms with Gasteiger partial charge in [-0.1, -0.05) is 0 Å². The molecule has 0 unspecified atom stereocenters. The first-order valence-electron chi connectivity index (χ1n) is 3.50. The molecule has 0 amide bonds. The highest BCUT2D eigenvalue weighted by molar-refractivity contribution is 7.90. The quantitative estimate of drug-likeness (QED) is 0.761. The molecular formula is C7H9FN2O2S. The van der Waals surface area contributed by atoms with Crippen LogP contribution in [0.3, 0.4) is 0 Å². The summed E-state index contributed by atoms with van der Waals surface area (Å²) in [5.74, 6) is -0.410. The van der Waals surface area contributed by atoms with E-state index in [1.54, 1.807) is 0 Å². The Labute approximate surface area is 76.0 Å². The molecular weight excluding hydrogens is 195 g/mol. The molecule has 1 aromatic rings. The largest absolute Gasteiger partial charge is 0.298 e. The maximum Gasteiger partial charge on any atom is 0.298 e. The number of halogens is 1. The van der Waals surface area contributed by atoms with E-state index < -0.39 is 16.0 Å². The molecule has 0 saturated heterocycles. The van der Waals surface area contributed by atoms with Crippen LogP contribution >= 0.6 is 0 Å². The summed E-state index contributed by atoms with van der Waals surface area (Å²) in [4.78, 5) is 0. The van der Waals surface area contributed by atoms with E-state index in [0.29, 0.717) is 5.69 Å². The maximum atomic E-state index is 12.4. The lowest BCUT2D eigenvalue weighted by Gasteiger charge is -2.05. The molecule has 0 saturated carbocycles. The summed E-state index contributed by atoms with van der Waals surface area (Å²) in [6.45, 7) is 0. The van der Waals surface area contributed by atoms with E-state index in [1.807, 2.05) is 0 Å². The molecule has 1 aromatic carbocycles. The van der Waals surface area contributed by atoms with E-state index >= 15 is 0 Å². The number of hydrogen-bond donors (Lipinski definition) is 2. The van der Waals surface area contributed by atoms with Crippen LogP contribution < -0.4 is 9.44 Å². The third-order valence-electron chi connectivity index (χ3n) is 1.37. The molecule has 72 valence electrons. The fourth-order valence-electron chi connectivity index (χ4n) is 0.724. The lowest BCUT2D eigenvalue weighted by Crippen LogP contribution is -2.26. The number of rotatable bonds is 3. The smallest absolute Gasteiger partial charge is 0.271 e. The van der Waals surface area contributed by atoms with Crippen LogP contribution in [0.25, 0.3) is 0 Å². The van der Waals surface area contributed by atoms with E-state index in [-0.39, 0.29) is 0 Å². The van der Waals surface area contributed by atoms with Gasteiger partial charge in [0.1, 0.15) is 5.82 Å². The average Bonchev–Trinajstić information content (AvgIpc) is 2.09. The van der Waals surface area contributed by atoms with E-state index in [1.165, 1.54) is 31.3 Å². The number of nitrogens with one attached hydrogen (secondary N) is 2. The highest BCUT2D eigenvalue weighted by atomic mass is 32.2. The van der Waals surface area contributed by atoms with Crippen molar-refractivity contribution in [1.82, 2.24) is 4.72 Å². The summed E-state index contributed by atoms with van der Waals surface area (Å²) in [5.41, 5.74) is 0.316. The molecule has 2 N–H and O–H groups in total. The van der Waals surface area contributed by atoms with Crippen molar-refractivity contribution >= 4 is 15.9 Å². The van der Waals surface area contributed by atoms with Gasteiger partial charge in [-0.25, -0.2) is 9.11 Å². The third-order valence-corrected chi connectivity index (χ3v) is 2.41. The molecule has 0 fully saturated rings. The SMILES string of the molecule is CNS(=O)(=O)Nc1ccc(F)cc1. The van der Waals surface area contributed by atoms with E-state index in [9.17, 15) is 12.8 Å². The molecule has 0 aliphatic heterocycles.